The molecule has 0 fully saturated rings. The molecule has 0 radical (unpaired) electrons. The van der Waals surface area contributed by atoms with E-state index in [0.717, 1.165) is 11.3 Å². The van der Waals surface area contributed by atoms with Gasteiger partial charge in [0.05, 0.1) is 24.6 Å². The van der Waals surface area contributed by atoms with E-state index in [1.807, 2.05) is 42.6 Å². The van der Waals surface area contributed by atoms with E-state index in [0.29, 0.717) is 19.6 Å². The second-order valence-corrected chi connectivity index (χ2v) is 6.21. The highest BCUT2D eigenvalue weighted by Gasteiger charge is 2.19. The number of fused-ring (bicyclic) bond motifs is 1. The van der Waals surface area contributed by atoms with Gasteiger partial charge in [0.1, 0.15) is 12.2 Å². The molecule has 9 nitrogen and oxygen atoms in total. The van der Waals surface area contributed by atoms with Crippen molar-refractivity contribution in [2.75, 3.05) is 20.1 Å². The molecule has 3 rings (SSSR count). The van der Waals surface area contributed by atoms with E-state index in [2.05, 4.69) is 15.3 Å². The Balaban J connectivity index is 1.67. The number of carbonyl (C=O) groups excluding carboxylic acids is 2. The van der Waals surface area contributed by atoms with Crippen LogP contribution in [0.1, 0.15) is 30.0 Å². The van der Waals surface area contributed by atoms with Gasteiger partial charge in [0.25, 0.3) is 5.91 Å². The highest BCUT2D eigenvalue weighted by atomic mass is 16.2. The Morgan fingerprint density at radius 2 is 1.96 bits per heavy atom. The van der Waals surface area contributed by atoms with Crippen LogP contribution in [0.2, 0.25) is 0 Å². The Kier molecular flexibility index (Phi) is 5.49. The first-order valence-electron chi connectivity index (χ1n) is 8.87. The number of likely N-dealkylation sites (N-methyl/N-ethyl adjacent to an activating group) is 1. The van der Waals surface area contributed by atoms with Crippen LogP contribution in [0.25, 0.3) is 5.65 Å². The number of hydrogen-bond donors (Lipinski definition) is 0. The van der Waals surface area contributed by atoms with Gasteiger partial charge in [-0.15, -0.1) is 5.10 Å². The van der Waals surface area contributed by atoms with Crippen molar-refractivity contribution in [2.24, 2.45) is 0 Å². The van der Waals surface area contributed by atoms with Gasteiger partial charge in [0.15, 0.2) is 5.69 Å². The van der Waals surface area contributed by atoms with Gasteiger partial charge in [0, 0.05) is 26.3 Å². The van der Waals surface area contributed by atoms with E-state index in [1.165, 1.54) is 10.9 Å². The summed E-state index contributed by atoms with van der Waals surface area (Å²) in [4.78, 5) is 32.4. The first kappa shape index (κ1) is 18.6. The van der Waals surface area contributed by atoms with Crippen LogP contribution in [0.4, 0.5) is 0 Å². The number of amides is 2. The fourth-order valence-corrected chi connectivity index (χ4v) is 2.90. The summed E-state index contributed by atoms with van der Waals surface area (Å²) >= 11 is 0. The molecule has 0 spiro atoms. The Hall–Kier alpha value is -3.23. The lowest BCUT2D eigenvalue weighted by molar-refractivity contribution is -0.131. The van der Waals surface area contributed by atoms with Gasteiger partial charge < -0.3 is 14.2 Å². The zero-order valence-electron chi connectivity index (χ0n) is 15.7. The van der Waals surface area contributed by atoms with Gasteiger partial charge in [-0.25, -0.2) is 9.67 Å². The molecule has 2 amide bonds. The molecule has 0 unspecified atom stereocenters. The minimum Gasteiger partial charge on any atom is -0.342 e. The smallest absolute Gasteiger partial charge is 0.276 e. The van der Waals surface area contributed by atoms with Crippen LogP contribution in [0, 0.1) is 0 Å². The summed E-state index contributed by atoms with van der Waals surface area (Å²) in [5.74, 6) is -0.314. The molecule has 0 aliphatic carbocycles. The average molecular weight is 369 g/mol. The third-order valence-electron chi connectivity index (χ3n) is 4.41. The highest BCUT2D eigenvalue weighted by molar-refractivity contribution is 5.91. The lowest BCUT2D eigenvalue weighted by Crippen LogP contribution is -2.33. The van der Waals surface area contributed by atoms with Crippen LogP contribution in [0.15, 0.2) is 36.8 Å². The molecule has 9 heteroatoms. The van der Waals surface area contributed by atoms with Crippen molar-refractivity contribution in [2.45, 2.75) is 26.9 Å². The number of aromatic nitrogens is 5. The number of pyridine rings is 1. The molecule has 0 N–H and O–H groups in total. The summed E-state index contributed by atoms with van der Waals surface area (Å²) < 4.78 is 3.33. The molecular formula is C18H23N7O2. The maximum atomic E-state index is 12.6. The first-order chi connectivity index (χ1) is 13.0. The topological polar surface area (TPSA) is 88.6 Å². The highest BCUT2D eigenvalue weighted by Crippen LogP contribution is 2.10. The van der Waals surface area contributed by atoms with E-state index in [4.69, 9.17) is 0 Å². The minimum atomic E-state index is -0.262. The van der Waals surface area contributed by atoms with Gasteiger partial charge in [-0.3, -0.25) is 9.59 Å². The molecule has 142 valence electrons. The molecular weight excluding hydrogens is 346 g/mol. The van der Waals surface area contributed by atoms with Crippen molar-refractivity contribution in [1.29, 1.82) is 0 Å². The largest absolute Gasteiger partial charge is 0.342 e. The molecule has 3 aromatic heterocycles. The molecule has 0 atom stereocenters. The Labute approximate surface area is 157 Å². The van der Waals surface area contributed by atoms with Crippen LogP contribution in [0.5, 0.6) is 0 Å². The predicted molar refractivity (Wildman–Crippen MR) is 98.9 cm³/mol. The molecule has 0 aromatic carbocycles. The zero-order chi connectivity index (χ0) is 19.4. The van der Waals surface area contributed by atoms with Crippen LogP contribution >= 0.6 is 0 Å². The van der Waals surface area contributed by atoms with Crippen LogP contribution in [0.3, 0.4) is 0 Å². The van der Waals surface area contributed by atoms with Crippen molar-refractivity contribution < 1.29 is 9.59 Å². The minimum absolute atomic E-state index is 0.0528. The molecule has 0 aliphatic heterocycles. The van der Waals surface area contributed by atoms with E-state index >= 15 is 0 Å². The number of rotatable bonds is 7. The molecule has 27 heavy (non-hydrogen) atoms. The van der Waals surface area contributed by atoms with Crippen LogP contribution < -0.4 is 0 Å². The summed E-state index contributed by atoms with van der Waals surface area (Å²) in [6.07, 6.45) is 5.17. The van der Waals surface area contributed by atoms with Gasteiger partial charge in [0.2, 0.25) is 5.91 Å². The SMILES string of the molecule is CCN(CC)C(=O)Cn1cc(C(=O)N(C)Cc2cnc3ccccn23)nn1. The monoisotopic (exact) mass is 369 g/mol. The molecule has 3 heterocycles. The maximum Gasteiger partial charge on any atom is 0.276 e. The van der Waals surface area contributed by atoms with Gasteiger partial charge in [-0.1, -0.05) is 11.3 Å². The summed E-state index contributed by atoms with van der Waals surface area (Å²) in [5, 5.41) is 7.83. The fraction of sp³-hybridized carbons (Fsp3) is 0.389. The van der Waals surface area contributed by atoms with Gasteiger partial charge in [-0.05, 0) is 26.0 Å². The van der Waals surface area contributed by atoms with Gasteiger partial charge >= 0.3 is 0 Å². The molecule has 0 bridgehead atoms. The summed E-state index contributed by atoms with van der Waals surface area (Å²) in [6, 6.07) is 5.74. The average Bonchev–Trinajstić information content (AvgIpc) is 3.29. The molecule has 0 saturated heterocycles. The third-order valence-corrected chi connectivity index (χ3v) is 4.41. The quantitative estimate of drug-likeness (QED) is 0.621. The number of hydrogen-bond acceptors (Lipinski definition) is 5. The number of imidazole rings is 1. The Morgan fingerprint density at radius 3 is 2.70 bits per heavy atom. The van der Waals surface area contributed by atoms with Crippen LogP contribution in [-0.4, -0.2) is 66.1 Å². The summed E-state index contributed by atoms with van der Waals surface area (Å²) in [5.41, 5.74) is 1.93. The lowest BCUT2D eigenvalue weighted by atomic mass is 10.3. The van der Waals surface area contributed by atoms with E-state index in [-0.39, 0.29) is 24.1 Å². The van der Waals surface area contributed by atoms with Crippen molar-refractivity contribution in [3.8, 4) is 0 Å². The first-order valence-corrected chi connectivity index (χ1v) is 8.87. The fourth-order valence-electron chi connectivity index (χ4n) is 2.90. The van der Waals surface area contributed by atoms with Crippen molar-refractivity contribution >= 4 is 17.5 Å². The van der Waals surface area contributed by atoms with Crippen molar-refractivity contribution in [3.63, 3.8) is 0 Å². The predicted octanol–water partition coefficient (Wildman–Crippen LogP) is 1.07. The molecule has 0 aliphatic rings. The second kappa shape index (κ2) is 7.98. The third kappa shape index (κ3) is 3.97. The van der Waals surface area contributed by atoms with E-state index in [9.17, 15) is 9.59 Å². The van der Waals surface area contributed by atoms with Crippen LogP contribution in [-0.2, 0) is 17.9 Å². The normalized spacial score (nSPS) is 10.9. The summed E-state index contributed by atoms with van der Waals surface area (Å²) in [7, 11) is 1.70. The molecule has 0 saturated carbocycles. The van der Waals surface area contributed by atoms with Crippen molar-refractivity contribution in [3.05, 3.63) is 48.2 Å². The Morgan fingerprint density at radius 1 is 1.19 bits per heavy atom. The lowest BCUT2D eigenvalue weighted by Gasteiger charge is -2.18. The second-order valence-electron chi connectivity index (χ2n) is 6.21. The zero-order valence-corrected chi connectivity index (χ0v) is 15.7. The Bertz CT molecular complexity index is 942. The van der Waals surface area contributed by atoms with E-state index in [1.54, 1.807) is 23.0 Å². The maximum absolute atomic E-state index is 12.6. The standard InChI is InChI=1S/C18H23N7O2/c1-4-23(5-2)17(26)13-24-12-15(20-21-24)18(27)22(3)11-14-10-19-16-8-6-7-9-25(14)16/h6-10,12H,4-5,11,13H2,1-3H3. The van der Waals surface area contributed by atoms with Crippen molar-refractivity contribution in [1.82, 2.24) is 34.2 Å². The summed E-state index contributed by atoms with van der Waals surface area (Å²) in [6.45, 7) is 5.57. The number of carbonyl (C=O) groups is 2. The van der Waals surface area contributed by atoms with Gasteiger partial charge in [-0.2, -0.15) is 0 Å². The van der Waals surface area contributed by atoms with E-state index < -0.39 is 0 Å². The molecule has 3 aromatic rings. The number of nitrogens with zero attached hydrogens (tertiary/aromatic N) is 7.